The largest absolute Gasteiger partial charge is 0.386 e. The molecule has 2 rings (SSSR count). The van der Waals surface area contributed by atoms with Crippen LogP contribution in [0.4, 0.5) is 0 Å². The predicted molar refractivity (Wildman–Crippen MR) is 78.6 cm³/mol. The number of rotatable bonds is 3. The van der Waals surface area contributed by atoms with E-state index in [1.807, 2.05) is 45.0 Å². The molecule has 0 aliphatic carbocycles. The van der Waals surface area contributed by atoms with E-state index < -0.39 is 6.10 Å². The van der Waals surface area contributed by atoms with Crippen molar-refractivity contribution >= 4 is 11.6 Å². The first-order chi connectivity index (χ1) is 8.97. The number of halogens is 1. The Bertz CT molecular complexity index is 595. The molecule has 1 N–H and O–H groups in total. The molecule has 1 aromatic heterocycles. The van der Waals surface area contributed by atoms with Gasteiger partial charge in [-0.1, -0.05) is 29.8 Å². The number of pyridine rings is 1. The SMILES string of the molecule is Cc1cnc(C(O)Cc2ccc(C)cc2Cl)c(C)c1. The molecule has 0 saturated carbocycles. The van der Waals surface area contributed by atoms with E-state index in [0.717, 1.165) is 27.9 Å². The fraction of sp³-hybridized carbons (Fsp3) is 0.312. The standard InChI is InChI=1S/C16H18ClNO/c1-10-4-5-13(14(17)7-10)8-15(19)16-12(3)6-11(2)9-18-16/h4-7,9,15,19H,8H2,1-3H3. The number of hydrogen-bond acceptors (Lipinski definition) is 2. The van der Waals surface area contributed by atoms with Crippen molar-refractivity contribution < 1.29 is 5.11 Å². The van der Waals surface area contributed by atoms with Gasteiger partial charge in [0, 0.05) is 17.6 Å². The molecule has 0 amide bonds. The van der Waals surface area contributed by atoms with Crippen LogP contribution in [0.2, 0.25) is 5.02 Å². The van der Waals surface area contributed by atoms with E-state index >= 15 is 0 Å². The zero-order valence-corrected chi connectivity index (χ0v) is 12.2. The topological polar surface area (TPSA) is 33.1 Å². The summed E-state index contributed by atoms with van der Waals surface area (Å²) in [5.74, 6) is 0. The maximum Gasteiger partial charge on any atom is 0.100 e. The van der Waals surface area contributed by atoms with Crippen molar-refractivity contribution in [2.45, 2.75) is 33.3 Å². The van der Waals surface area contributed by atoms with E-state index in [9.17, 15) is 5.11 Å². The Morgan fingerprint density at radius 3 is 2.53 bits per heavy atom. The van der Waals surface area contributed by atoms with Crippen molar-refractivity contribution in [3.8, 4) is 0 Å². The van der Waals surface area contributed by atoms with Gasteiger partial charge in [-0.15, -0.1) is 0 Å². The zero-order valence-electron chi connectivity index (χ0n) is 11.4. The average Bonchev–Trinajstić information content (AvgIpc) is 2.32. The second-order valence-corrected chi connectivity index (χ2v) is 5.44. The maximum absolute atomic E-state index is 10.3. The minimum absolute atomic E-state index is 0.482. The Labute approximate surface area is 119 Å². The number of benzene rings is 1. The number of aliphatic hydroxyl groups is 1. The molecule has 1 heterocycles. The average molecular weight is 276 g/mol. The minimum Gasteiger partial charge on any atom is -0.386 e. The fourth-order valence-electron chi connectivity index (χ4n) is 2.20. The van der Waals surface area contributed by atoms with E-state index in [1.54, 1.807) is 6.20 Å². The van der Waals surface area contributed by atoms with Crippen molar-refractivity contribution in [1.29, 1.82) is 0 Å². The van der Waals surface area contributed by atoms with Gasteiger partial charge in [0.05, 0.1) is 5.69 Å². The quantitative estimate of drug-likeness (QED) is 0.920. The molecule has 0 fully saturated rings. The summed E-state index contributed by atoms with van der Waals surface area (Å²) in [5.41, 5.74) is 4.90. The number of aromatic nitrogens is 1. The fourth-order valence-corrected chi connectivity index (χ4v) is 2.51. The molecule has 3 heteroatoms. The Kier molecular flexibility index (Phi) is 4.23. The molecule has 1 unspecified atom stereocenters. The third-order valence-electron chi connectivity index (χ3n) is 3.19. The second kappa shape index (κ2) is 5.72. The smallest absolute Gasteiger partial charge is 0.100 e. The second-order valence-electron chi connectivity index (χ2n) is 5.03. The van der Waals surface area contributed by atoms with Gasteiger partial charge in [-0.05, 0) is 49.1 Å². The van der Waals surface area contributed by atoms with Crippen LogP contribution < -0.4 is 0 Å². The molecule has 100 valence electrons. The van der Waals surface area contributed by atoms with Crippen LogP contribution >= 0.6 is 11.6 Å². The van der Waals surface area contributed by atoms with Gasteiger partial charge in [0.2, 0.25) is 0 Å². The Morgan fingerprint density at radius 2 is 1.89 bits per heavy atom. The molecule has 0 bridgehead atoms. The van der Waals surface area contributed by atoms with Gasteiger partial charge in [-0.2, -0.15) is 0 Å². The van der Waals surface area contributed by atoms with Crippen LogP contribution in [-0.4, -0.2) is 10.1 Å². The van der Waals surface area contributed by atoms with Crippen LogP contribution in [0.1, 0.15) is 34.1 Å². The highest BCUT2D eigenvalue weighted by molar-refractivity contribution is 6.31. The van der Waals surface area contributed by atoms with Crippen molar-refractivity contribution in [3.63, 3.8) is 0 Å². The molecule has 0 radical (unpaired) electrons. The van der Waals surface area contributed by atoms with E-state index in [0.29, 0.717) is 11.4 Å². The first-order valence-corrected chi connectivity index (χ1v) is 6.71. The summed E-state index contributed by atoms with van der Waals surface area (Å²) in [5, 5.41) is 11.0. The predicted octanol–water partition coefficient (Wildman–Crippen LogP) is 3.94. The van der Waals surface area contributed by atoms with E-state index in [4.69, 9.17) is 11.6 Å². The van der Waals surface area contributed by atoms with Crippen LogP contribution in [0.25, 0.3) is 0 Å². The minimum atomic E-state index is -0.624. The third-order valence-corrected chi connectivity index (χ3v) is 3.54. The van der Waals surface area contributed by atoms with Gasteiger partial charge in [-0.25, -0.2) is 0 Å². The summed E-state index contributed by atoms with van der Waals surface area (Å²) in [7, 11) is 0. The van der Waals surface area contributed by atoms with Crippen LogP contribution in [0.15, 0.2) is 30.5 Å². The van der Waals surface area contributed by atoms with Gasteiger partial charge in [0.25, 0.3) is 0 Å². The Morgan fingerprint density at radius 1 is 1.16 bits per heavy atom. The van der Waals surface area contributed by atoms with E-state index in [2.05, 4.69) is 4.98 Å². The monoisotopic (exact) mass is 275 g/mol. The highest BCUT2D eigenvalue weighted by atomic mass is 35.5. The van der Waals surface area contributed by atoms with Crippen molar-refractivity contribution in [3.05, 3.63) is 63.4 Å². The lowest BCUT2D eigenvalue weighted by Gasteiger charge is -2.14. The summed E-state index contributed by atoms with van der Waals surface area (Å²) in [6.45, 7) is 5.96. The molecule has 1 atom stereocenters. The number of aryl methyl sites for hydroxylation is 3. The molecule has 0 spiro atoms. The molecule has 2 nitrogen and oxygen atoms in total. The first-order valence-electron chi connectivity index (χ1n) is 6.33. The van der Waals surface area contributed by atoms with Gasteiger partial charge < -0.3 is 5.11 Å². The first kappa shape index (κ1) is 14.0. The Hall–Kier alpha value is -1.38. The zero-order chi connectivity index (χ0) is 14.0. The molecule has 19 heavy (non-hydrogen) atoms. The highest BCUT2D eigenvalue weighted by Gasteiger charge is 2.14. The molecule has 2 aromatic rings. The maximum atomic E-state index is 10.3. The lowest BCUT2D eigenvalue weighted by molar-refractivity contribution is 0.173. The van der Waals surface area contributed by atoms with Crippen LogP contribution in [-0.2, 0) is 6.42 Å². The summed E-state index contributed by atoms with van der Waals surface area (Å²) in [4.78, 5) is 4.33. The third kappa shape index (κ3) is 3.34. The number of hydrogen-bond donors (Lipinski definition) is 1. The highest BCUT2D eigenvalue weighted by Crippen LogP contribution is 2.25. The van der Waals surface area contributed by atoms with Crippen LogP contribution in [0.5, 0.6) is 0 Å². The van der Waals surface area contributed by atoms with Crippen molar-refractivity contribution in [2.24, 2.45) is 0 Å². The van der Waals surface area contributed by atoms with Crippen LogP contribution in [0, 0.1) is 20.8 Å². The van der Waals surface area contributed by atoms with Gasteiger partial charge >= 0.3 is 0 Å². The molecular formula is C16H18ClNO. The number of aliphatic hydroxyl groups excluding tert-OH is 1. The normalized spacial score (nSPS) is 12.5. The summed E-state index contributed by atoms with van der Waals surface area (Å²) in [6.07, 6.45) is 1.64. The molecule has 0 saturated heterocycles. The molecule has 0 aliphatic rings. The molecular weight excluding hydrogens is 258 g/mol. The summed E-state index contributed by atoms with van der Waals surface area (Å²) >= 11 is 6.19. The molecule has 1 aromatic carbocycles. The van der Waals surface area contributed by atoms with E-state index in [-0.39, 0.29) is 0 Å². The van der Waals surface area contributed by atoms with Gasteiger partial charge in [0.15, 0.2) is 0 Å². The van der Waals surface area contributed by atoms with Gasteiger partial charge in [-0.3, -0.25) is 4.98 Å². The van der Waals surface area contributed by atoms with Gasteiger partial charge in [0.1, 0.15) is 6.10 Å². The lowest BCUT2D eigenvalue weighted by Crippen LogP contribution is -2.07. The number of nitrogens with zero attached hydrogens (tertiary/aromatic N) is 1. The summed E-state index contributed by atoms with van der Waals surface area (Å²) < 4.78 is 0. The lowest BCUT2D eigenvalue weighted by atomic mass is 10.0. The van der Waals surface area contributed by atoms with E-state index in [1.165, 1.54) is 0 Å². The summed E-state index contributed by atoms with van der Waals surface area (Å²) in [6, 6.07) is 7.91. The van der Waals surface area contributed by atoms with Crippen molar-refractivity contribution in [1.82, 2.24) is 4.98 Å². The Balaban J connectivity index is 2.23. The van der Waals surface area contributed by atoms with Crippen LogP contribution in [0.3, 0.4) is 0 Å². The van der Waals surface area contributed by atoms with Crippen molar-refractivity contribution in [2.75, 3.05) is 0 Å². The molecule has 0 aliphatic heterocycles.